The van der Waals surface area contributed by atoms with E-state index in [9.17, 15) is 0 Å². The minimum Gasteiger partial charge on any atom is -0.330 e. The summed E-state index contributed by atoms with van der Waals surface area (Å²) in [4.78, 5) is 8.21. The van der Waals surface area contributed by atoms with Crippen LogP contribution in [0.2, 0.25) is 0 Å². The second-order valence-corrected chi connectivity index (χ2v) is 2.19. The van der Waals surface area contributed by atoms with Crippen LogP contribution in [0, 0.1) is 6.92 Å². The maximum Gasteiger partial charge on any atom is 0.0599 e. The highest BCUT2D eigenvalue weighted by Gasteiger charge is 1.90. The number of hydrogen-bond donors (Lipinski definition) is 1. The summed E-state index contributed by atoms with van der Waals surface area (Å²) < 4.78 is 0. The lowest BCUT2D eigenvalue weighted by Crippen LogP contribution is -2.04. The van der Waals surface area contributed by atoms with E-state index in [0.29, 0.717) is 6.54 Å². The van der Waals surface area contributed by atoms with E-state index in [2.05, 4.69) is 9.97 Å². The van der Waals surface area contributed by atoms with Gasteiger partial charge in [0.2, 0.25) is 0 Å². The second kappa shape index (κ2) is 3.27. The minimum atomic E-state index is 0.637. The monoisotopic (exact) mass is 137 g/mol. The van der Waals surface area contributed by atoms with Gasteiger partial charge in [-0.2, -0.15) is 0 Å². The zero-order valence-electron chi connectivity index (χ0n) is 6.04. The van der Waals surface area contributed by atoms with Gasteiger partial charge < -0.3 is 5.73 Å². The number of aryl methyl sites for hydroxylation is 1. The Morgan fingerprint density at radius 2 is 2.20 bits per heavy atom. The van der Waals surface area contributed by atoms with Crippen LogP contribution < -0.4 is 5.73 Å². The van der Waals surface area contributed by atoms with Gasteiger partial charge in [-0.3, -0.25) is 9.97 Å². The molecular weight excluding hydrogens is 126 g/mol. The Morgan fingerprint density at radius 1 is 1.40 bits per heavy atom. The molecular formula is C7H11N3. The molecule has 0 spiro atoms. The van der Waals surface area contributed by atoms with E-state index in [1.165, 1.54) is 0 Å². The van der Waals surface area contributed by atoms with E-state index >= 15 is 0 Å². The van der Waals surface area contributed by atoms with E-state index in [-0.39, 0.29) is 0 Å². The Hall–Kier alpha value is -0.960. The number of hydrogen-bond acceptors (Lipinski definition) is 3. The van der Waals surface area contributed by atoms with E-state index in [1.807, 2.05) is 6.92 Å². The third kappa shape index (κ3) is 1.77. The Bertz CT molecular complexity index is 193. The first-order valence-electron chi connectivity index (χ1n) is 3.30. The second-order valence-electron chi connectivity index (χ2n) is 2.19. The molecule has 0 atom stereocenters. The molecule has 0 aliphatic heterocycles. The number of rotatable bonds is 2. The Labute approximate surface area is 60.3 Å². The van der Waals surface area contributed by atoms with Crippen molar-refractivity contribution < 1.29 is 0 Å². The van der Waals surface area contributed by atoms with Gasteiger partial charge in [-0.1, -0.05) is 0 Å². The summed E-state index contributed by atoms with van der Waals surface area (Å²) in [7, 11) is 0. The highest BCUT2D eigenvalue weighted by Crippen LogP contribution is 1.92. The first-order chi connectivity index (χ1) is 4.83. The van der Waals surface area contributed by atoms with Crippen LogP contribution in [0.1, 0.15) is 11.4 Å². The fourth-order valence-electron chi connectivity index (χ4n) is 0.696. The molecule has 0 bridgehead atoms. The average Bonchev–Trinajstić information content (AvgIpc) is 1.95. The topological polar surface area (TPSA) is 51.8 Å². The van der Waals surface area contributed by atoms with Gasteiger partial charge in [0.15, 0.2) is 0 Å². The number of nitrogens with zero attached hydrogens (tertiary/aromatic N) is 2. The van der Waals surface area contributed by atoms with Crippen LogP contribution in [-0.4, -0.2) is 16.5 Å². The van der Waals surface area contributed by atoms with Gasteiger partial charge in [0.1, 0.15) is 0 Å². The molecule has 10 heavy (non-hydrogen) atoms. The highest BCUT2D eigenvalue weighted by atomic mass is 14.8. The van der Waals surface area contributed by atoms with Crippen molar-refractivity contribution in [3.8, 4) is 0 Å². The zero-order valence-corrected chi connectivity index (χ0v) is 6.04. The first kappa shape index (κ1) is 7.15. The lowest BCUT2D eigenvalue weighted by Gasteiger charge is -1.95. The van der Waals surface area contributed by atoms with Gasteiger partial charge in [-0.25, -0.2) is 0 Å². The normalized spacial score (nSPS) is 9.80. The molecule has 0 saturated carbocycles. The molecule has 0 aliphatic rings. The van der Waals surface area contributed by atoms with Crippen molar-refractivity contribution in [2.75, 3.05) is 6.54 Å². The summed E-state index contributed by atoms with van der Waals surface area (Å²) in [5.41, 5.74) is 7.24. The van der Waals surface area contributed by atoms with Crippen molar-refractivity contribution in [1.82, 2.24) is 9.97 Å². The summed E-state index contributed by atoms with van der Waals surface area (Å²) in [5, 5.41) is 0. The average molecular weight is 137 g/mol. The van der Waals surface area contributed by atoms with E-state index in [0.717, 1.165) is 17.8 Å². The van der Waals surface area contributed by atoms with Crippen LogP contribution in [0.25, 0.3) is 0 Å². The quantitative estimate of drug-likeness (QED) is 0.637. The van der Waals surface area contributed by atoms with Crippen LogP contribution in [0.4, 0.5) is 0 Å². The lowest BCUT2D eigenvalue weighted by atomic mass is 10.3. The lowest BCUT2D eigenvalue weighted by molar-refractivity contribution is 0.899. The molecule has 0 unspecified atom stereocenters. The molecule has 1 aromatic rings. The SMILES string of the molecule is Cc1cnc(CCN)cn1. The predicted octanol–water partition coefficient (Wildman–Crippen LogP) is 0.286. The third-order valence-corrected chi connectivity index (χ3v) is 1.23. The van der Waals surface area contributed by atoms with E-state index < -0.39 is 0 Å². The van der Waals surface area contributed by atoms with Gasteiger partial charge in [-0.15, -0.1) is 0 Å². The zero-order chi connectivity index (χ0) is 7.40. The molecule has 0 amide bonds. The smallest absolute Gasteiger partial charge is 0.0599 e. The Balaban J connectivity index is 2.69. The maximum atomic E-state index is 5.33. The van der Waals surface area contributed by atoms with Gasteiger partial charge in [0.25, 0.3) is 0 Å². The van der Waals surface area contributed by atoms with Crippen molar-refractivity contribution in [2.24, 2.45) is 5.73 Å². The fourth-order valence-corrected chi connectivity index (χ4v) is 0.696. The molecule has 0 aliphatic carbocycles. The number of nitrogens with two attached hydrogens (primary N) is 1. The Kier molecular flexibility index (Phi) is 2.34. The van der Waals surface area contributed by atoms with Crippen LogP contribution in [0.3, 0.4) is 0 Å². The minimum absolute atomic E-state index is 0.637. The molecule has 0 saturated heterocycles. The highest BCUT2D eigenvalue weighted by molar-refractivity contribution is 5.00. The van der Waals surface area contributed by atoms with E-state index in [4.69, 9.17) is 5.73 Å². The first-order valence-corrected chi connectivity index (χ1v) is 3.30. The summed E-state index contributed by atoms with van der Waals surface area (Å²) in [6.45, 7) is 2.55. The molecule has 54 valence electrons. The van der Waals surface area contributed by atoms with E-state index in [1.54, 1.807) is 12.4 Å². The molecule has 0 radical (unpaired) electrons. The van der Waals surface area contributed by atoms with Crippen molar-refractivity contribution in [3.05, 3.63) is 23.8 Å². The van der Waals surface area contributed by atoms with Crippen LogP contribution in [-0.2, 0) is 6.42 Å². The molecule has 1 heterocycles. The summed E-state index contributed by atoms with van der Waals surface area (Å²) in [6, 6.07) is 0. The van der Waals surface area contributed by atoms with Crippen molar-refractivity contribution in [1.29, 1.82) is 0 Å². The van der Waals surface area contributed by atoms with Crippen molar-refractivity contribution >= 4 is 0 Å². The van der Waals surface area contributed by atoms with Crippen molar-refractivity contribution in [3.63, 3.8) is 0 Å². The molecule has 3 heteroatoms. The third-order valence-electron chi connectivity index (χ3n) is 1.23. The van der Waals surface area contributed by atoms with Gasteiger partial charge in [0, 0.05) is 18.8 Å². The molecule has 0 fully saturated rings. The molecule has 1 aromatic heterocycles. The maximum absolute atomic E-state index is 5.33. The molecule has 2 N–H and O–H groups in total. The number of aromatic nitrogens is 2. The molecule has 0 aromatic carbocycles. The molecule has 3 nitrogen and oxygen atoms in total. The fraction of sp³-hybridized carbons (Fsp3) is 0.429. The summed E-state index contributed by atoms with van der Waals surface area (Å²) in [6.07, 6.45) is 4.33. The summed E-state index contributed by atoms with van der Waals surface area (Å²) >= 11 is 0. The van der Waals surface area contributed by atoms with Crippen molar-refractivity contribution in [2.45, 2.75) is 13.3 Å². The van der Waals surface area contributed by atoms with Gasteiger partial charge in [-0.05, 0) is 13.5 Å². The largest absolute Gasteiger partial charge is 0.330 e. The van der Waals surface area contributed by atoms with Gasteiger partial charge in [0.05, 0.1) is 11.4 Å². The standard InChI is InChI=1S/C7H11N3/c1-6-4-10-7(2-3-8)5-9-6/h4-5H,2-3,8H2,1H3. The van der Waals surface area contributed by atoms with Crippen LogP contribution >= 0.6 is 0 Å². The van der Waals surface area contributed by atoms with Crippen LogP contribution in [0.15, 0.2) is 12.4 Å². The Morgan fingerprint density at radius 3 is 2.70 bits per heavy atom. The van der Waals surface area contributed by atoms with Gasteiger partial charge >= 0.3 is 0 Å². The summed E-state index contributed by atoms with van der Waals surface area (Å²) in [5.74, 6) is 0. The predicted molar refractivity (Wildman–Crippen MR) is 39.5 cm³/mol. The van der Waals surface area contributed by atoms with Crippen LogP contribution in [0.5, 0.6) is 0 Å². The molecule has 1 rings (SSSR count).